The van der Waals surface area contributed by atoms with Crippen molar-refractivity contribution in [3.63, 3.8) is 0 Å². The molecule has 0 spiro atoms. The summed E-state index contributed by atoms with van der Waals surface area (Å²) in [5, 5.41) is 2.95. The summed E-state index contributed by atoms with van der Waals surface area (Å²) in [5.74, 6) is 0.452. The van der Waals surface area contributed by atoms with Crippen molar-refractivity contribution in [1.29, 1.82) is 0 Å². The zero-order valence-electron chi connectivity index (χ0n) is 16.5. The maximum absolute atomic E-state index is 12.7. The number of pyridine rings is 1. The Bertz CT molecular complexity index is 839. The van der Waals surface area contributed by atoms with Crippen LogP contribution in [0.3, 0.4) is 0 Å². The van der Waals surface area contributed by atoms with Crippen molar-refractivity contribution in [2.75, 3.05) is 36.4 Å². The second-order valence-electron chi connectivity index (χ2n) is 7.31. The number of amides is 1. The highest BCUT2D eigenvalue weighted by Gasteiger charge is 2.31. The van der Waals surface area contributed by atoms with Crippen molar-refractivity contribution < 1.29 is 18.0 Å². The van der Waals surface area contributed by atoms with Gasteiger partial charge in [0.2, 0.25) is 5.91 Å². The van der Waals surface area contributed by atoms with Gasteiger partial charge in [0.25, 0.3) is 0 Å². The number of rotatable bonds is 4. The predicted molar refractivity (Wildman–Crippen MR) is 107 cm³/mol. The number of carbonyl (C=O) groups is 1. The number of aryl methyl sites for hydroxylation is 1. The molecule has 1 saturated heterocycles. The van der Waals surface area contributed by atoms with E-state index in [2.05, 4.69) is 15.2 Å². The van der Waals surface area contributed by atoms with Crippen LogP contribution >= 0.6 is 0 Å². The van der Waals surface area contributed by atoms with E-state index in [9.17, 15) is 18.0 Å². The number of carbonyl (C=O) groups excluding carboxylic acids is 1. The van der Waals surface area contributed by atoms with E-state index in [1.165, 1.54) is 6.07 Å². The lowest BCUT2D eigenvalue weighted by Crippen LogP contribution is -2.44. The molecular weight excluding hydrogens is 381 g/mol. The number of nitrogens with zero attached hydrogens (tertiary/aromatic N) is 3. The number of benzene rings is 1. The highest BCUT2D eigenvalue weighted by atomic mass is 19.4. The van der Waals surface area contributed by atoms with Crippen LogP contribution in [0.25, 0.3) is 0 Å². The first-order chi connectivity index (χ1) is 13.7. The Morgan fingerprint density at radius 2 is 1.93 bits per heavy atom. The molecule has 1 aliphatic rings. The first-order valence-electron chi connectivity index (χ1n) is 9.64. The van der Waals surface area contributed by atoms with Crippen LogP contribution in [0.2, 0.25) is 0 Å². The molecule has 0 bridgehead atoms. The number of halogens is 3. The molecule has 2 heterocycles. The fourth-order valence-electron chi connectivity index (χ4n) is 3.43. The average Bonchev–Trinajstić information content (AvgIpc) is 2.93. The largest absolute Gasteiger partial charge is 0.417 e. The molecule has 0 radical (unpaired) electrons. The van der Waals surface area contributed by atoms with Crippen LogP contribution in [0, 0.1) is 6.92 Å². The summed E-state index contributed by atoms with van der Waals surface area (Å²) < 4.78 is 38.2. The highest BCUT2D eigenvalue weighted by molar-refractivity contribution is 5.94. The Balaban J connectivity index is 1.59. The van der Waals surface area contributed by atoms with Crippen LogP contribution in [0.1, 0.15) is 24.5 Å². The number of alkyl halides is 3. The molecule has 5 nitrogen and oxygen atoms in total. The fourth-order valence-corrected chi connectivity index (χ4v) is 3.43. The van der Waals surface area contributed by atoms with Crippen molar-refractivity contribution in [3.05, 3.63) is 53.7 Å². The molecule has 1 N–H and O–H groups in total. The molecule has 0 aliphatic carbocycles. The van der Waals surface area contributed by atoms with Crippen LogP contribution < -0.4 is 10.2 Å². The Hall–Kier alpha value is -2.61. The number of nitrogens with one attached hydrogen (secondary N) is 1. The summed E-state index contributed by atoms with van der Waals surface area (Å²) in [6.07, 6.45) is -2.72. The lowest BCUT2D eigenvalue weighted by atomic mass is 10.2. The van der Waals surface area contributed by atoms with Crippen LogP contribution in [-0.4, -0.2) is 48.0 Å². The van der Waals surface area contributed by atoms with Crippen LogP contribution in [0.15, 0.2) is 42.6 Å². The molecular formula is C21H25F3N4O. The van der Waals surface area contributed by atoms with Gasteiger partial charge in [0.15, 0.2) is 0 Å². The maximum Gasteiger partial charge on any atom is 0.417 e. The Kier molecular flexibility index (Phi) is 6.42. The van der Waals surface area contributed by atoms with Gasteiger partial charge in [0.05, 0.1) is 11.6 Å². The number of hydrogen-bond donors (Lipinski definition) is 1. The molecule has 29 heavy (non-hydrogen) atoms. The second kappa shape index (κ2) is 8.82. The van der Waals surface area contributed by atoms with E-state index in [0.717, 1.165) is 36.5 Å². The van der Waals surface area contributed by atoms with Gasteiger partial charge in [-0.25, -0.2) is 4.98 Å². The SMILES string of the molecule is Cc1cccc(NC(=O)C(C)N2CCCN(c3ccc(C(F)(F)F)cn3)CC2)c1. The molecule has 1 aromatic carbocycles. The van der Waals surface area contributed by atoms with E-state index < -0.39 is 11.7 Å². The van der Waals surface area contributed by atoms with Gasteiger partial charge in [-0.2, -0.15) is 13.2 Å². The Morgan fingerprint density at radius 3 is 2.59 bits per heavy atom. The van der Waals surface area contributed by atoms with Crippen molar-refractivity contribution in [3.8, 4) is 0 Å². The van der Waals surface area contributed by atoms with E-state index in [0.29, 0.717) is 25.5 Å². The summed E-state index contributed by atoms with van der Waals surface area (Å²) in [6, 6.07) is 9.81. The molecule has 1 aromatic heterocycles. The summed E-state index contributed by atoms with van der Waals surface area (Å²) in [4.78, 5) is 20.7. The van der Waals surface area contributed by atoms with Gasteiger partial charge in [-0.15, -0.1) is 0 Å². The Morgan fingerprint density at radius 1 is 1.14 bits per heavy atom. The standard InChI is InChI=1S/C21H25F3N4O/c1-15-5-3-6-18(13-15)26-20(29)16(2)27-9-4-10-28(12-11-27)19-8-7-17(14-25-19)21(22,23)24/h3,5-8,13-14,16H,4,9-12H2,1-2H3,(H,26,29). The van der Waals surface area contributed by atoms with Crippen LogP contribution in [0.5, 0.6) is 0 Å². The fraction of sp³-hybridized carbons (Fsp3) is 0.429. The molecule has 156 valence electrons. The third-order valence-electron chi connectivity index (χ3n) is 5.14. The van der Waals surface area contributed by atoms with E-state index in [4.69, 9.17) is 0 Å². The topological polar surface area (TPSA) is 48.5 Å². The predicted octanol–water partition coefficient (Wildman–Crippen LogP) is 3.95. The van der Waals surface area contributed by atoms with E-state index in [-0.39, 0.29) is 11.9 Å². The summed E-state index contributed by atoms with van der Waals surface area (Å²) in [5.41, 5.74) is 1.09. The third-order valence-corrected chi connectivity index (χ3v) is 5.14. The molecule has 3 rings (SSSR count). The highest BCUT2D eigenvalue weighted by Crippen LogP contribution is 2.29. The van der Waals surface area contributed by atoms with E-state index in [1.54, 1.807) is 0 Å². The van der Waals surface area contributed by atoms with E-state index in [1.807, 2.05) is 43.0 Å². The molecule has 8 heteroatoms. The smallest absolute Gasteiger partial charge is 0.355 e. The molecule has 1 aliphatic heterocycles. The first kappa shape index (κ1) is 21.1. The molecule has 0 saturated carbocycles. The van der Waals surface area contributed by atoms with Gasteiger partial charge in [0, 0.05) is 38.1 Å². The molecule has 2 aromatic rings. The molecule has 1 atom stereocenters. The lowest BCUT2D eigenvalue weighted by molar-refractivity contribution is -0.137. The Labute approximate surface area is 168 Å². The van der Waals surface area contributed by atoms with Gasteiger partial charge in [-0.3, -0.25) is 9.69 Å². The second-order valence-corrected chi connectivity index (χ2v) is 7.31. The maximum atomic E-state index is 12.7. The van der Waals surface area contributed by atoms with Crippen LogP contribution in [-0.2, 0) is 11.0 Å². The zero-order valence-corrected chi connectivity index (χ0v) is 16.5. The minimum absolute atomic E-state index is 0.0725. The normalized spacial score (nSPS) is 16.9. The summed E-state index contributed by atoms with van der Waals surface area (Å²) in [6.45, 7) is 6.49. The van der Waals surface area contributed by atoms with Gasteiger partial charge < -0.3 is 10.2 Å². The van der Waals surface area contributed by atoms with Gasteiger partial charge >= 0.3 is 6.18 Å². The van der Waals surface area contributed by atoms with Gasteiger partial charge in [0.1, 0.15) is 5.82 Å². The number of hydrogen-bond acceptors (Lipinski definition) is 4. The molecule has 1 unspecified atom stereocenters. The number of anilines is 2. The minimum atomic E-state index is -4.39. The van der Waals surface area contributed by atoms with Gasteiger partial charge in [-0.1, -0.05) is 12.1 Å². The van der Waals surface area contributed by atoms with E-state index >= 15 is 0 Å². The molecule has 1 fully saturated rings. The van der Waals surface area contributed by atoms with Crippen molar-refractivity contribution >= 4 is 17.4 Å². The lowest BCUT2D eigenvalue weighted by Gasteiger charge is -2.27. The number of aromatic nitrogens is 1. The third kappa shape index (κ3) is 5.47. The minimum Gasteiger partial charge on any atom is -0.355 e. The zero-order chi connectivity index (χ0) is 21.0. The van der Waals surface area contributed by atoms with Crippen molar-refractivity contribution in [2.45, 2.75) is 32.5 Å². The molecule has 1 amide bonds. The first-order valence-corrected chi connectivity index (χ1v) is 9.64. The summed E-state index contributed by atoms with van der Waals surface area (Å²) >= 11 is 0. The summed E-state index contributed by atoms with van der Waals surface area (Å²) in [7, 11) is 0. The average molecular weight is 406 g/mol. The van der Waals surface area contributed by atoms with Crippen molar-refractivity contribution in [2.24, 2.45) is 0 Å². The van der Waals surface area contributed by atoms with Crippen LogP contribution in [0.4, 0.5) is 24.7 Å². The monoisotopic (exact) mass is 406 g/mol. The van der Waals surface area contributed by atoms with Crippen molar-refractivity contribution in [1.82, 2.24) is 9.88 Å². The van der Waals surface area contributed by atoms with Gasteiger partial charge in [-0.05, 0) is 50.1 Å². The quantitative estimate of drug-likeness (QED) is 0.835.